The van der Waals surface area contributed by atoms with Gasteiger partial charge in [-0.2, -0.15) is 0 Å². The van der Waals surface area contributed by atoms with E-state index in [0.29, 0.717) is 5.92 Å². The molecule has 0 bridgehead atoms. The molecule has 1 N–H and O–H groups in total. The van der Waals surface area contributed by atoms with Crippen LogP contribution in [0.5, 0.6) is 0 Å². The SMILES string of the molecule is Cc1ccc(C)c(-n2cc(C)nc2NCC(C)C)c1. The normalized spacial score (nSPS) is 11.1. The summed E-state index contributed by atoms with van der Waals surface area (Å²) in [5, 5.41) is 3.43. The van der Waals surface area contributed by atoms with Gasteiger partial charge in [0.1, 0.15) is 0 Å². The molecule has 0 spiro atoms. The molecule has 2 rings (SSSR count). The minimum atomic E-state index is 0.601. The Morgan fingerprint density at radius 2 is 1.95 bits per heavy atom. The van der Waals surface area contributed by atoms with E-state index in [-0.39, 0.29) is 0 Å². The molecule has 2 aromatic rings. The van der Waals surface area contributed by atoms with Crippen molar-refractivity contribution in [2.24, 2.45) is 5.92 Å². The number of benzene rings is 1. The topological polar surface area (TPSA) is 29.9 Å². The number of hydrogen-bond donors (Lipinski definition) is 1. The fourth-order valence-electron chi connectivity index (χ4n) is 2.08. The lowest BCUT2D eigenvalue weighted by Crippen LogP contribution is -2.12. The van der Waals surface area contributed by atoms with Crippen molar-refractivity contribution in [1.82, 2.24) is 9.55 Å². The highest BCUT2D eigenvalue weighted by molar-refractivity contribution is 5.49. The van der Waals surface area contributed by atoms with Crippen molar-refractivity contribution in [3.63, 3.8) is 0 Å². The third-order valence-corrected chi connectivity index (χ3v) is 3.12. The zero-order valence-electron chi connectivity index (χ0n) is 12.5. The lowest BCUT2D eigenvalue weighted by atomic mass is 10.1. The van der Waals surface area contributed by atoms with Gasteiger partial charge in [0.2, 0.25) is 5.95 Å². The van der Waals surface area contributed by atoms with Crippen LogP contribution in [0.15, 0.2) is 24.4 Å². The molecule has 0 unspecified atom stereocenters. The number of anilines is 1. The maximum Gasteiger partial charge on any atom is 0.207 e. The second-order valence-corrected chi connectivity index (χ2v) is 5.64. The Morgan fingerprint density at radius 1 is 1.21 bits per heavy atom. The second kappa shape index (κ2) is 5.47. The van der Waals surface area contributed by atoms with Gasteiger partial charge in [0.05, 0.1) is 11.4 Å². The fourth-order valence-corrected chi connectivity index (χ4v) is 2.08. The highest BCUT2D eigenvalue weighted by atomic mass is 15.2. The average Bonchev–Trinajstić information content (AvgIpc) is 2.71. The van der Waals surface area contributed by atoms with E-state index < -0.39 is 0 Å². The van der Waals surface area contributed by atoms with E-state index in [4.69, 9.17) is 0 Å². The van der Waals surface area contributed by atoms with Gasteiger partial charge in [-0.3, -0.25) is 4.57 Å². The molecule has 3 nitrogen and oxygen atoms in total. The van der Waals surface area contributed by atoms with E-state index in [0.717, 1.165) is 18.2 Å². The Morgan fingerprint density at radius 3 is 2.63 bits per heavy atom. The molecule has 1 aromatic heterocycles. The third-order valence-electron chi connectivity index (χ3n) is 3.12. The zero-order chi connectivity index (χ0) is 14.0. The fraction of sp³-hybridized carbons (Fsp3) is 0.438. The Balaban J connectivity index is 2.40. The van der Waals surface area contributed by atoms with E-state index in [2.05, 4.69) is 67.0 Å². The van der Waals surface area contributed by atoms with E-state index >= 15 is 0 Å². The third kappa shape index (κ3) is 3.16. The van der Waals surface area contributed by atoms with Gasteiger partial charge in [-0.05, 0) is 43.9 Å². The maximum absolute atomic E-state index is 4.58. The predicted molar refractivity (Wildman–Crippen MR) is 81.1 cm³/mol. The van der Waals surface area contributed by atoms with Crippen LogP contribution in [0.4, 0.5) is 5.95 Å². The van der Waals surface area contributed by atoms with Gasteiger partial charge >= 0.3 is 0 Å². The smallest absolute Gasteiger partial charge is 0.207 e. The van der Waals surface area contributed by atoms with Crippen molar-refractivity contribution in [1.29, 1.82) is 0 Å². The zero-order valence-corrected chi connectivity index (χ0v) is 12.5. The first-order chi connectivity index (χ1) is 8.97. The van der Waals surface area contributed by atoms with Crippen LogP contribution in [0.1, 0.15) is 30.7 Å². The van der Waals surface area contributed by atoms with Crippen LogP contribution in [-0.4, -0.2) is 16.1 Å². The second-order valence-electron chi connectivity index (χ2n) is 5.64. The Labute approximate surface area is 115 Å². The van der Waals surface area contributed by atoms with E-state index in [1.54, 1.807) is 0 Å². The summed E-state index contributed by atoms with van der Waals surface area (Å²) in [5.74, 6) is 1.53. The summed E-state index contributed by atoms with van der Waals surface area (Å²) in [6, 6.07) is 6.51. The van der Waals surface area contributed by atoms with Crippen LogP contribution in [0, 0.1) is 26.7 Å². The number of rotatable bonds is 4. The lowest BCUT2D eigenvalue weighted by Gasteiger charge is -2.13. The van der Waals surface area contributed by atoms with Gasteiger partial charge in [0.15, 0.2) is 0 Å². The molecule has 1 heterocycles. The standard InChI is InChI=1S/C16H23N3/c1-11(2)9-17-16-18-14(5)10-19(16)15-8-12(3)6-7-13(15)4/h6-8,10-11H,9H2,1-5H3,(H,17,18). The molecule has 102 valence electrons. The molecule has 0 fully saturated rings. The van der Waals surface area contributed by atoms with Crippen molar-refractivity contribution in [3.8, 4) is 5.69 Å². The summed E-state index contributed by atoms with van der Waals surface area (Å²) in [7, 11) is 0. The Kier molecular flexibility index (Phi) is 3.93. The van der Waals surface area contributed by atoms with Crippen molar-refractivity contribution in [3.05, 3.63) is 41.2 Å². The Hall–Kier alpha value is -1.77. The number of aromatic nitrogens is 2. The van der Waals surface area contributed by atoms with Gasteiger partial charge < -0.3 is 5.32 Å². The molecule has 0 radical (unpaired) electrons. The minimum absolute atomic E-state index is 0.601. The van der Waals surface area contributed by atoms with E-state index in [9.17, 15) is 0 Å². The van der Waals surface area contributed by atoms with E-state index in [1.165, 1.54) is 16.8 Å². The van der Waals surface area contributed by atoms with Crippen molar-refractivity contribution in [2.75, 3.05) is 11.9 Å². The minimum Gasteiger partial charge on any atom is -0.355 e. The summed E-state index contributed by atoms with van der Waals surface area (Å²) in [4.78, 5) is 4.58. The molecule has 0 atom stereocenters. The van der Waals surface area contributed by atoms with Crippen LogP contribution in [0.3, 0.4) is 0 Å². The van der Waals surface area contributed by atoms with Crippen LogP contribution in [0.25, 0.3) is 5.69 Å². The molecule has 0 aliphatic carbocycles. The molecule has 0 saturated carbocycles. The van der Waals surface area contributed by atoms with Crippen molar-refractivity contribution >= 4 is 5.95 Å². The van der Waals surface area contributed by atoms with Crippen molar-refractivity contribution in [2.45, 2.75) is 34.6 Å². The first kappa shape index (κ1) is 13.7. The number of hydrogen-bond acceptors (Lipinski definition) is 2. The number of imidazole rings is 1. The number of nitrogens with zero attached hydrogens (tertiary/aromatic N) is 2. The van der Waals surface area contributed by atoms with Crippen LogP contribution >= 0.6 is 0 Å². The highest BCUT2D eigenvalue weighted by Gasteiger charge is 2.10. The molecular weight excluding hydrogens is 234 g/mol. The van der Waals surface area contributed by atoms with Gasteiger partial charge in [0.25, 0.3) is 0 Å². The molecule has 0 amide bonds. The quantitative estimate of drug-likeness (QED) is 0.901. The Bertz CT molecular complexity index is 567. The van der Waals surface area contributed by atoms with Gasteiger partial charge in [0, 0.05) is 12.7 Å². The maximum atomic E-state index is 4.58. The molecule has 0 saturated heterocycles. The first-order valence-electron chi connectivity index (χ1n) is 6.85. The lowest BCUT2D eigenvalue weighted by molar-refractivity contribution is 0.683. The summed E-state index contributed by atoms with van der Waals surface area (Å²) >= 11 is 0. The number of nitrogens with one attached hydrogen (secondary N) is 1. The monoisotopic (exact) mass is 257 g/mol. The van der Waals surface area contributed by atoms with Crippen LogP contribution in [-0.2, 0) is 0 Å². The van der Waals surface area contributed by atoms with Gasteiger partial charge in [-0.25, -0.2) is 4.98 Å². The predicted octanol–water partition coefficient (Wildman–Crippen LogP) is 3.87. The molecule has 0 aliphatic rings. The molecule has 0 aliphatic heterocycles. The first-order valence-corrected chi connectivity index (χ1v) is 6.85. The molecule has 3 heteroatoms. The van der Waals surface area contributed by atoms with Gasteiger partial charge in [-0.15, -0.1) is 0 Å². The largest absolute Gasteiger partial charge is 0.355 e. The van der Waals surface area contributed by atoms with Crippen molar-refractivity contribution < 1.29 is 0 Å². The molecule has 1 aromatic carbocycles. The van der Waals surface area contributed by atoms with E-state index in [1.807, 2.05) is 6.92 Å². The summed E-state index contributed by atoms with van der Waals surface area (Å²) in [6.45, 7) is 11.6. The number of aryl methyl sites for hydroxylation is 3. The van der Waals surface area contributed by atoms with Crippen LogP contribution in [0.2, 0.25) is 0 Å². The molecular formula is C16H23N3. The average molecular weight is 257 g/mol. The summed E-state index contributed by atoms with van der Waals surface area (Å²) < 4.78 is 2.15. The summed E-state index contributed by atoms with van der Waals surface area (Å²) in [6.07, 6.45) is 2.09. The van der Waals surface area contributed by atoms with Crippen LogP contribution < -0.4 is 5.32 Å². The highest BCUT2D eigenvalue weighted by Crippen LogP contribution is 2.21. The van der Waals surface area contributed by atoms with Gasteiger partial charge in [-0.1, -0.05) is 26.0 Å². The molecule has 19 heavy (non-hydrogen) atoms. The summed E-state index contributed by atoms with van der Waals surface area (Å²) in [5.41, 5.74) is 4.76.